The lowest BCUT2D eigenvalue weighted by Crippen LogP contribution is -2.28. The summed E-state index contributed by atoms with van der Waals surface area (Å²) in [7, 11) is 0. The first kappa shape index (κ1) is 21.3. The maximum Gasteiger partial charge on any atom is 0.267 e. The normalized spacial score (nSPS) is 13.3. The van der Waals surface area contributed by atoms with E-state index in [1.165, 1.54) is 11.3 Å². The highest BCUT2D eigenvalue weighted by atomic mass is 35.5. The number of carbonyl (C=O) groups is 2. The Hall–Kier alpha value is -2.90. The summed E-state index contributed by atoms with van der Waals surface area (Å²) in [4.78, 5) is 32.6. The van der Waals surface area contributed by atoms with Crippen LogP contribution in [0.4, 0.5) is 5.69 Å². The zero-order chi connectivity index (χ0) is 21.8. The minimum Gasteiger partial charge on any atom is -0.486 e. The number of benzene rings is 2. The monoisotopic (exact) mass is 455 g/mol. The van der Waals surface area contributed by atoms with Crippen molar-refractivity contribution in [3.8, 4) is 5.75 Å². The fourth-order valence-corrected chi connectivity index (χ4v) is 4.45. The van der Waals surface area contributed by atoms with Gasteiger partial charge in [-0.25, -0.2) is 4.98 Å². The number of aryl methyl sites for hydroxylation is 1. The Morgan fingerprint density at radius 3 is 2.58 bits per heavy atom. The van der Waals surface area contributed by atoms with Crippen LogP contribution in [0.5, 0.6) is 5.75 Å². The minimum atomic E-state index is -0.283. The lowest BCUT2D eigenvalue weighted by Gasteiger charge is -2.17. The van der Waals surface area contributed by atoms with Crippen LogP contribution in [-0.4, -0.2) is 34.8 Å². The number of likely N-dealkylation sites (tertiary alicyclic amines) is 1. The molecule has 0 unspecified atom stereocenters. The first-order valence-corrected chi connectivity index (χ1v) is 11.2. The Morgan fingerprint density at radius 2 is 1.84 bits per heavy atom. The first-order valence-electron chi connectivity index (χ1n) is 10.1. The molecule has 0 saturated carbocycles. The van der Waals surface area contributed by atoms with Gasteiger partial charge in [0.05, 0.1) is 16.9 Å². The molecule has 0 bridgehead atoms. The summed E-state index contributed by atoms with van der Waals surface area (Å²) in [5.74, 6) is 0.346. The molecule has 4 rings (SSSR count). The van der Waals surface area contributed by atoms with Crippen molar-refractivity contribution in [2.45, 2.75) is 26.4 Å². The van der Waals surface area contributed by atoms with Crippen LogP contribution in [0.2, 0.25) is 5.02 Å². The first-order chi connectivity index (χ1) is 15.0. The lowest BCUT2D eigenvalue weighted by atomic mass is 10.1. The van der Waals surface area contributed by atoms with Crippen LogP contribution in [0.1, 0.15) is 43.6 Å². The summed E-state index contributed by atoms with van der Waals surface area (Å²) < 4.78 is 5.73. The Kier molecular flexibility index (Phi) is 6.53. The summed E-state index contributed by atoms with van der Waals surface area (Å²) in [5.41, 5.74) is 1.64. The molecule has 1 fully saturated rings. The van der Waals surface area contributed by atoms with Crippen molar-refractivity contribution in [1.29, 1.82) is 0 Å². The third-order valence-electron chi connectivity index (χ3n) is 5.02. The van der Waals surface area contributed by atoms with E-state index in [9.17, 15) is 9.59 Å². The number of amides is 2. The highest BCUT2D eigenvalue weighted by Gasteiger charge is 2.23. The third kappa shape index (κ3) is 5.06. The zero-order valence-corrected chi connectivity index (χ0v) is 18.6. The number of nitrogens with zero attached hydrogens (tertiary/aromatic N) is 2. The van der Waals surface area contributed by atoms with Crippen LogP contribution < -0.4 is 10.1 Å². The SMILES string of the molecule is Cc1nc(COc2ccc(Cl)cc2)sc1C(=O)Nc1ccccc1C(=O)N1CCCC1. The summed E-state index contributed by atoms with van der Waals surface area (Å²) in [6.45, 7) is 3.56. The van der Waals surface area contributed by atoms with Gasteiger partial charge in [-0.15, -0.1) is 11.3 Å². The van der Waals surface area contributed by atoms with Crippen molar-refractivity contribution in [2.75, 3.05) is 18.4 Å². The fraction of sp³-hybridized carbons (Fsp3) is 0.261. The van der Waals surface area contributed by atoms with Crippen molar-refractivity contribution in [1.82, 2.24) is 9.88 Å². The average molecular weight is 456 g/mol. The highest BCUT2D eigenvalue weighted by Crippen LogP contribution is 2.25. The van der Waals surface area contributed by atoms with Gasteiger partial charge in [0.15, 0.2) is 0 Å². The number of thiazole rings is 1. The Bertz CT molecular complexity index is 1090. The number of rotatable bonds is 6. The van der Waals surface area contributed by atoms with Gasteiger partial charge in [0.1, 0.15) is 22.2 Å². The van der Waals surface area contributed by atoms with Crippen molar-refractivity contribution in [3.05, 3.63) is 74.7 Å². The maximum atomic E-state index is 12.9. The van der Waals surface area contributed by atoms with Crippen LogP contribution in [-0.2, 0) is 6.61 Å². The zero-order valence-electron chi connectivity index (χ0n) is 17.1. The molecule has 1 saturated heterocycles. The van der Waals surface area contributed by atoms with Crippen molar-refractivity contribution >= 4 is 40.4 Å². The molecule has 1 aliphatic rings. The summed E-state index contributed by atoms with van der Waals surface area (Å²) in [6, 6.07) is 14.2. The number of hydrogen-bond acceptors (Lipinski definition) is 5. The molecule has 0 atom stereocenters. The van der Waals surface area contributed by atoms with Gasteiger partial charge in [-0.3, -0.25) is 9.59 Å². The molecular formula is C23H22ClN3O3S. The van der Waals surface area contributed by atoms with Gasteiger partial charge in [-0.1, -0.05) is 23.7 Å². The Morgan fingerprint density at radius 1 is 1.13 bits per heavy atom. The molecule has 1 aromatic heterocycles. The van der Waals surface area contributed by atoms with E-state index in [0.717, 1.165) is 25.9 Å². The minimum absolute atomic E-state index is 0.0496. The Labute approximate surface area is 189 Å². The second kappa shape index (κ2) is 9.49. The number of carbonyl (C=O) groups excluding carboxylic acids is 2. The molecule has 6 nitrogen and oxygen atoms in total. The number of ether oxygens (including phenoxy) is 1. The van der Waals surface area contributed by atoms with Crippen LogP contribution in [0, 0.1) is 6.92 Å². The number of anilines is 1. The second-order valence-electron chi connectivity index (χ2n) is 7.26. The molecule has 3 aromatic rings. The van der Waals surface area contributed by atoms with E-state index in [4.69, 9.17) is 16.3 Å². The quantitative estimate of drug-likeness (QED) is 0.556. The lowest BCUT2D eigenvalue weighted by molar-refractivity contribution is 0.0794. The molecule has 8 heteroatoms. The van der Waals surface area contributed by atoms with E-state index < -0.39 is 0 Å². The molecule has 1 aliphatic heterocycles. The average Bonchev–Trinajstić information content (AvgIpc) is 3.43. The molecule has 160 valence electrons. The van der Waals surface area contributed by atoms with E-state index in [1.54, 1.807) is 49.4 Å². The van der Waals surface area contributed by atoms with E-state index in [1.807, 2.05) is 11.0 Å². The van der Waals surface area contributed by atoms with E-state index in [0.29, 0.717) is 37.6 Å². The molecule has 0 spiro atoms. The summed E-state index contributed by atoms with van der Waals surface area (Å²) in [5, 5.41) is 4.23. The van der Waals surface area contributed by atoms with Crippen molar-refractivity contribution < 1.29 is 14.3 Å². The van der Waals surface area contributed by atoms with Gasteiger partial charge < -0.3 is 15.0 Å². The standard InChI is InChI=1S/C23H22ClN3O3S/c1-15-21(31-20(25-15)14-30-17-10-8-16(24)9-11-17)22(28)26-19-7-3-2-6-18(19)23(29)27-12-4-5-13-27/h2-3,6-11H,4-5,12-14H2,1H3,(H,26,28). The van der Waals surface area contributed by atoms with Gasteiger partial charge >= 0.3 is 0 Å². The predicted octanol–water partition coefficient (Wildman–Crippen LogP) is 5.17. The number of nitrogens with one attached hydrogen (secondary N) is 1. The molecule has 2 heterocycles. The van der Waals surface area contributed by atoms with Crippen LogP contribution in [0.25, 0.3) is 0 Å². The molecule has 0 radical (unpaired) electrons. The summed E-state index contributed by atoms with van der Waals surface area (Å²) in [6.07, 6.45) is 2.03. The van der Waals surface area contributed by atoms with Gasteiger partial charge in [0.2, 0.25) is 0 Å². The number of hydrogen-bond donors (Lipinski definition) is 1. The van der Waals surface area contributed by atoms with Gasteiger partial charge in [0, 0.05) is 18.1 Å². The van der Waals surface area contributed by atoms with E-state index in [2.05, 4.69) is 10.3 Å². The summed E-state index contributed by atoms with van der Waals surface area (Å²) >= 11 is 7.17. The van der Waals surface area contributed by atoms with Gasteiger partial charge in [-0.2, -0.15) is 0 Å². The van der Waals surface area contributed by atoms with E-state index in [-0.39, 0.29) is 18.4 Å². The molecule has 1 N–H and O–H groups in total. The van der Waals surface area contributed by atoms with Crippen molar-refractivity contribution in [2.24, 2.45) is 0 Å². The topological polar surface area (TPSA) is 71.5 Å². The Balaban J connectivity index is 1.45. The van der Waals surface area contributed by atoms with Crippen LogP contribution in [0.3, 0.4) is 0 Å². The number of para-hydroxylation sites is 1. The molecule has 31 heavy (non-hydrogen) atoms. The number of halogens is 1. The maximum absolute atomic E-state index is 12.9. The largest absolute Gasteiger partial charge is 0.486 e. The third-order valence-corrected chi connectivity index (χ3v) is 6.40. The molecule has 2 amide bonds. The van der Waals surface area contributed by atoms with Crippen LogP contribution in [0.15, 0.2) is 48.5 Å². The molecule has 0 aliphatic carbocycles. The van der Waals surface area contributed by atoms with E-state index >= 15 is 0 Å². The number of aromatic nitrogens is 1. The molecular weight excluding hydrogens is 434 g/mol. The fourth-order valence-electron chi connectivity index (χ4n) is 3.45. The van der Waals surface area contributed by atoms with Gasteiger partial charge in [-0.05, 0) is 56.2 Å². The smallest absolute Gasteiger partial charge is 0.267 e. The highest BCUT2D eigenvalue weighted by molar-refractivity contribution is 7.13. The van der Waals surface area contributed by atoms with Gasteiger partial charge in [0.25, 0.3) is 11.8 Å². The van der Waals surface area contributed by atoms with Crippen molar-refractivity contribution in [3.63, 3.8) is 0 Å². The van der Waals surface area contributed by atoms with Crippen LogP contribution >= 0.6 is 22.9 Å². The predicted molar refractivity (Wildman–Crippen MR) is 122 cm³/mol. The second-order valence-corrected chi connectivity index (χ2v) is 8.78. The molecule has 2 aromatic carbocycles.